The Labute approximate surface area is 112 Å². The number of nitrogens with two attached hydrogens (primary N) is 1. The normalized spacial score (nSPS) is 11.3. The Balaban J connectivity index is 2.22. The van der Waals surface area contributed by atoms with Gasteiger partial charge in [-0.3, -0.25) is 5.10 Å². The van der Waals surface area contributed by atoms with Crippen LogP contribution in [0.4, 0.5) is 5.82 Å². The fourth-order valence-corrected chi connectivity index (χ4v) is 2.42. The zero-order chi connectivity index (χ0) is 12.9. The Morgan fingerprint density at radius 2 is 2.17 bits per heavy atom. The average Bonchev–Trinajstić information content (AvgIpc) is 2.82. The van der Waals surface area contributed by atoms with Crippen molar-refractivity contribution in [1.29, 1.82) is 0 Å². The second-order valence-electron chi connectivity index (χ2n) is 4.22. The van der Waals surface area contributed by atoms with E-state index in [1.807, 2.05) is 32.2 Å². The van der Waals surface area contributed by atoms with E-state index in [1.54, 1.807) is 0 Å². The third kappa shape index (κ3) is 1.53. The summed E-state index contributed by atoms with van der Waals surface area (Å²) >= 11 is 3.43. The number of nitrogen functional groups attached to an aromatic ring is 1. The summed E-state index contributed by atoms with van der Waals surface area (Å²) in [5, 5.41) is 6.90. The van der Waals surface area contributed by atoms with Crippen molar-refractivity contribution in [3.8, 4) is 11.3 Å². The first-order valence-corrected chi connectivity index (χ1v) is 6.30. The van der Waals surface area contributed by atoms with E-state index in [9.17, 15) is 0 Å². The molecule has 0 saturated heterocycles. The molecule has 5 nitrogen and oxygen atoms in total. The van der Waals surface area contributed by atoms with Gasteiger partial charge in [0.15, 0.2) is 5.82 Å². The molecule has 1 aromatic carbocycles. The second-order valence-corrected chi connectivity index (χ2v) is 5.01. The number of H-pyrrole nitrogens is 1. The monoisotopic (exact) mass is 305 g/mol. The second kappa shape index (κ2) is 3.84. The third-order valence-corrected chi connectivity index (χ3v) is 3.93. The number of hydrogen-bond donors (Lipinski definition) is 2. The first-order valence-electron chi connectivity index (χ1n) is 5.50. The summed E-state index contributed by atoms with van der Waals surface area (Å²) in [6, 6.07) is 6.11. The summed E-state index contributed by atoms with van der Waals surface area (Å²) in [6.07, 6.45) is 0. The summed E-state index contributed by atoms with van der Waals surface area (Å²) in [5.74, 6) is 1.45. The highest BCUT2D eigenvalue weighted by atomic mass is 79.9. The van der Waals surface area contributed by atoms with Crippen LogP contribution >= 0.6 is 15.9 Å². The van der Waals surface area contributed by atoms with Gasteiger partial charge in [-0.1, -0.05) is 6.07 Å². The largest absolute Gasteiger partial charge is 0.381 e. The number of aromatic nitrogens is 4. The number of hydrogen-bond acceptors (Lipinski definition) is 3. The van der Waals surface area contributed by atoms with Gasteiger partial charge >= 0.3 is 0 Å². The SMILES string of the molecule is Cc1nc2cc(-c3[nH]nc(N)c3Br)ccc2n1C. The molecule has 0 saturated carbocycles. The topological polar surface area (TPSA) is 72.5 Å². The number of benzene rings is 1. The first-order chi connectivity index (χ1) is 8.58. The Bertz CT molecular complexity index is 740. The molecule has 92 valence electrons. The molecule has 0 aliphatic carbocycles. The predicted octanol–water partition coefficient (Wildman–Crippen LogP) is 2.62. The van der Waals surface area contributed by atoms with Crippen molar-refractivity contribution < 1.29 is 0 Å². The smallest absolute Gasteiger partial charge is 0.160 e. The number of rotatable bonds is 1. The van der Waals surface area contributed by atoms with Crippen molar-refractivity contribution >= 4 is 32.8 Å². The minimum absolute atomic E-state index is 0.460. The number of nitrogens with zero attached hydrogens (tertiary/aromatic N) is 3. The molecular formula is C12H12BrN5. The molecule has 2 aromatic heterocycles. The van der Waals surface area contributed by atoms with Crippen molar-refractivity contribution in [2.45, 2.75) is 6.92 Å². The Morgan fingerprint density at radius 3 is 2.83 bits per heavy atom. The fourth-order valence-electron chi connectivity index (χ4n) is 2.01. The van der Waals surface area contributed by atoms with Crippen LogP contribution in [0.25, 0.3) is 22.3 Å². The van der Waals surface area contributed by atoms with Crippen LogP contribution in [0.2, 0.25) is 0 Å². The summed E-state index contributed by atoms with van der Waals surface area (Å²) in [4.78, 5) is 4.52. The zero-order valence-corrected chi connectivity index (χ0v) is 11.6. The lowest BCUT2D eigenvalue weighted by Crippen LogP contribution is -1.89. The van der Waals surface area contributed by atoms with E-state index in [-0.39, 0.29) is 0 Å². The fraction of sp³-hybridized carbons (Fsp3) is 0.167. The predicted molar refractivity (Wildman–Crippen MR) is 75.1 cm³/mol. The van der Waals surface area contributed by atoms with Gasteiger partial charge in [0.1, 0.15) is 5.82 Å². The lowest BCUT2D eigenvalue weighted by atomic mass is 10.1. The zero-order valence-electron chi connectivity index (χ0n) is 10.0. The molecule has 0 aliphatic rings. The van der Waals surface area contributed by atoms with Gasteiger partial charge in [0, 0.05) is 12.6 Å². The summed E-state index contributed by atoms with van der Waals surface area (Å²) in [6.45, 7) is 1.99. The van der Waals surface area contributed by atoms with Gasteiger partial charge in [-0.2, -0.15) is 5.10 Å². The highest BCUT2D eigenvalue weighted by molar-refractivity contribution is 9.10. The molecule has 6 heteroatoms. The molecule has 3 N–H and O–H groups in total. The Kier molecular flexibility index (Phi) is 2.41. The van der Waals surface area contributed by atoms with E-state index >= 15 is 0 Å². The summed E-state index contributed by atoms with van der Waals surface area (Å²) in [7, 11) is 2.01. The summed E-state index contributed by atoms with van der Waals surface area (Å²) in [5.41, 5.74) is 9.67. The minimum Gasteiger partial charge on any atom is -0.381 e. The van der Waals surface area contributed by atoms with E-state index in [0.717, 1.165) is 32.6 Å². The number of nitrogens with one attached hydrogen (secondary N) is 1. The molecule has 0 bridgehead atoms. The van der Waals surface area contributed by atoms with Crippen molar-refractivity contribution in [2.75, 3.05) is 5.73 Å². The van der Waals surface area contributed by atoms with Crippen LogP contribution in [0.1, 0.15) is 5.82 Å². The molecule has 0 spiro atoms. The molecule has 0 fully saturated rings. The highest BCUT2D eigenvalue weighted by Crippen LogP contribution is 2.31. The van der Waals surface area contributed by atoms with Crippen LogP contribution in [-0.4, -0.2) is 19.7 Å². The number of aryl methyl sites for hydroxylation is 2. The Hall–Kier alpha value is -1.82. The minimum atomic E-state index is 0.460. The van der Waals surface area contributed by atoms with E-state index in [0.29, 0.717) is 5.82 Å². The van der Waals surface area contributed by atoms with Crippen molar-refractivity contribution in [3.05, 3.63) is 28.5 Å². The number of aromatic amines is 1. The highest BCUT2D eigenvalue weighted by Gasteiger charge is 2.12. The first kappa shape index (κ1) is 11.3. The number of imidazole rings is 1. The lowest BCUT2D eigenvalue weighted by Gasteiger charge is -2.00. The molecule has 0 aliphatic heterocycles. The molecule has 0 amide bonds. The summed E-state index contributed by atoms with van der Waals surface area (Å²) < 4.78 is 2.85. The maximum atomic E-state index is 5.71. The van der Waals surface area contributed by atoms with E-state index < -0.39 is 0 Å². The van der Waals surface area contributed by atoms with Gasteiger partial charge < -0.3 is 10.3 Å². The van der Waals surface area contributed by atoms with Gasteiger partial charge in [-0.25, -0.2) is 4.98 Å². The molecule has 3 aromatic rings. The lowest BCUT2D eigenvalue weighted by molar-refractivity contribution is 0.886. The number of fused-ring (bicyclic) bond motifs is 1. The molecular weight excluding hydrogens is 294 g/mol. The van der Waals surface area contributed by atoms with E-state index in [1.165, 1.54) is 0 Å². The number of halogens is 1. The quantitative estimate of drug-likeness (QED) is 0.726. The van der Waals surface area contributed by atoms with Crippen LogP contribution in [0.15, 0.2) is 22.7 Å². The van der Waals surface area contributed by atoms with Gasteiger partial charge in [0.25, 0.3) is 0 Å². The maximum absolute atomic E-state index is 5.71. The van der Waals surface area contributed by atoms with Crippen LogP contribution in [0.5, 0.6) is 0 Å². The van der Waals surface area contributed by atoms with E-state index in [4.69, 9.17) is 5.73 Å². The molecule has 0 unspecified atom stereocenters. The van der Waals surface area contributed by atoms with Crippen LogP contribution < -0.4 is 5.73 Å². The van der Waals surface area contributed by atoms with Gasteiger partial charge in [-0.05, 0) is 35.0 Å². The van der Waals surface area contributed by atoms with Crippen molar-refractivity contribution in [2.24, 2.45) is 7.05 Å². The average molecular weight is 306 g/mol. The van der Waals surface area contributed by atoms with Gasteiger partial charge in [0.2, 0.25) is 0 Å². The van der Waals surface area contributed by atoms with E-state index in [2.05, 4.69) is 35.7 Å². The van der Waals surface area contributed by atoms with Crippen LogP contribution in [0, 0.1) is 6.92 Å². The van der Waals surface area contributed by atoms with Gasteiger partial charge in [-0.15, -0.1) is 0 Å². The standard InChI is InChI=1S/C12H12BrN5/c1-6-15-8-5-7(3-4-9(8)18(6)2)11-10(13)12(14)17-16-11/h3-5H,1-2H3,(H3,14,16,17). The van der Waals surface area contributed by atoms with Crippen LogP contribution in [0.3, 0.4) is 0 Å². The third-order valence-electron chi connectivity index (χ3n) is 3.13. The van der Waals surface area contributed by atoms with Crippen molar-refractivity contribution in [1.82, 2.24) is 19.7 Å². The molecule has 2 heterocycles. The molecule has 18 heavy (non-hydrogen) atoms. The molecule has 0 radical (unpaired) electrons. The van der Waals surface area contributed by atoms with Crippen molar-refractivity contribution in [3.63, 3.8) is 0 Å². The molecule has 0 atom stereocenters. The number of anilines is 1. The Morgan fingerprint density at radius 1 is 1.39 bits per heavy atom. The van der Waals surface area contributed by atoms with Crippen LogP contribution in [-0.2, 0) is 7.05 Å². The maximum Gasteiger partial charge on any atom is 0.160 e. The molecule has 3 rings (SSSR count). The van der Waals surface area contributed by atoms with Gasteiger partial charge in [0.05, 0.1) is 21.2 Å².